The van der Waals surface area contributed by atoms with Gasteiger partial charge in [0.1, 0.15) is 12.6 Å². The van der Waals surface area contributed by atoms with E-state index in [4.69, 9.17) is 4.74 Å². The molecule has 1 heterocycles. The molecular formula is C21H20N2O4. The Labute approximate surface area is 156 Å². The van der Waals surface area contributed by atoms with Crippen LogP contribution >= 0.6 is 0 Å². The first kappa shape index (κ1) is 18.4. The van der Waals surface area contributed by atoms with E-state index in [1.807, 2.05) is 67.6 Å². The third-order valence-electron chi connectivity index (χ3n) is 4.14. The number of hydrogen-bond donors (Lipinski definition) is 2. The van der Waals surface area contributed by atoms with Crippen molar-refractivity contribution in [2.45, 2.75) is 26.0 Å². The lowest BCUT2D eigenvalue weighted by molar-refractivity contribution is -0.139. The molecule has 2 aromatic carbocycles. The van der Waals surface area contributed by atoms with Gasteiger partial charge < -0.3 is 15.2 Å². The number of nitrogens with zero attached hydrogens (tertiary/aromatic N) is 1. The van der Waals surface area contributed by atoms with E-state index in [0.29, 0.717) is 0 Å². The fourth-order valence-electron chi connectivity index (χ4n) is 2.75. The van der Waals surface area contributed by atoms with Crippen molar-refractivity contribution in [2.75, 3.05) is 0 Å². The van der Waals surface area contributed by atoms with E-state index in [1.165, 1.54) is 0 Å². The third-order valence-corrected chi connectivity index (χ3v) is 4.14. The molecule has 6 nitrogen and oxygen atoms in total. The fraction of sp³-hybridized carbons (Fsp3) is 0.190. The van der Waals surface area contributed by atoms with Crippen molar-refractivity contribution < 1.29 is 19.4 Å². The van der Waals surface area contributed by atoms with Crippen LogP contribution in [0.15, 0.2) is 60.7 Å². The average Bonchev–Trinajstić information content (AvgIpc) is 2.66. The Morgan fingerprint density at radius 1 is 1.07 bits per heavy atom. The number of alkyl carbamates (subject to hydrolysis) is 1. The zero-order chi connectivity index (χ0) is 19.2. The van der Waals surface area contributed by atoms with E-state index in [1.54, 1.807) is 0 Å². The highest BCUT2D eigenvalue weighted by Gasteiger charge is 2.21. The molecule has 6 heteroatoms. The summed E-state index contributed by atoms with van der Waals surface area (Å²) in [6.45, 7) is 2.00. The first-order chi connectivity index (χ1) is 13.0. The van der Waals surface area contributed by atoms with Gasteiger partial charge >= 0.3 is 12.1 Å². The molecule has 1 atom stereocenters. The summed E-state index contributed by atoms with van der Waals surface area (Å²) in [6.07, 6.45) is -0.608. The summed E-state index contributed by atoms with van der Waals surface area (Å²) in [5, 5.41) is 12.8. The van der Waals surface area contributed by atoms with Crippen LogP contribution in [0.2, 0.25) is 0 Å². The highest BCUT2D eigenvalue weighted by atomic mass is 16.5. The minimum Gasteiger partial charge on any atom is -0.480 e. The molecule has 0 bridgehead atoms. The minimum absolute atomic E-state index is 0.0833. The Bertz CT molecular complexity index is 957. The molecule has 3 aromatic rings. The summed E-state index contributed by atoms with van der Waals surface area (Å²) in [7, 11) is 0. The number of aliphatic carboxylic acids is 1. The van der Waals surface area contributed by atoms with Crippen molar-refractivity contribution >= 4 is 23.0 Å². The molecule has 0 aliphatic heterocycles. The highest BCUT2D eigenvalue weighted by molar-refractivity contribution is 5.82. The first-order valence-electron chi connectivity index (χ1n) is 8.57. The average molecular weight is 364 g/mol. The van der Waals surface area contributed by atoms with Crippen LogP contribution in [0.4, 0.5) is 4.79 Å². The standard InChI is InChI=1S/C21H20N2O4/c1-14-7-9-17-11-16(8-10-18(17)22-14)12-19(20(24)25)23-21(26)27-13-15-5-3-2-4-6-15/h2-11,19H,12-13H2,1H3,(H,23,26)(H,24,25)/t19-/m1/s1. The number of carboxylic acids is 1. The molecule has 0 saturated carbocycles. The second-order valence-electron chi connectivity index (χ2n) is 6.28. The quantitative estimate of drug-likeness (QED) is 0.699. The number of aromatic nitrogens is 1. The van der Waals surface area contributed by atoms with Gasteiger partial charge in [0.25, 0.3) is 0 Å². The molecule has 27 heavy (non-hydrogen) atoms. The number of benzene rings is 2. The predicted octanol–water partition coefficient (Wildman–Crippen LogP) is 3.47. The summed E-state index contributed by atoms with van der Waals surface area (Å²) in [4.78, 5) is 27.9. The zero-order valence-corrected chi connectivity index (χ0v) is 14.9. The van der Waals surface area contributed by atoms with Crippen LogP contribution < -0.4 is 5.32 Å². The van der Waals surface area contributed by atoms with E-state index in [-0.39, 0.29) is 13.0 Å². The number of carboxylic acid groups (broad SMARTS) is 1. The first-order valence-corrected chi connectivity index (χ1v) is 8.57. The van der Waals surface area contributed by atoms with Gasteiger partial charge in [-0.1, -0.05) is 42.5 Å². The maximum absolute atomic E-state index is 12.0. The Kier molecular flexibility index (Phi) is 5.66. The number of carbonyl (C=O) groups is 2. The van der Waals surface area contributed by atoms with Crippen molar-refractivity contribution in [1.82, 2.24) is 10.3 Å². The molecule has 0 radical (unpaired) electrons. The van der Waals surface area contributed by atoms with Crippen LogP contribution in [0.25, 0.3) is 10.9 Å². The Hall–Kier alpha value is -3.41. The van der Waals surface area contributed by atoms with Crippen molar-refractivity contribution in [3.05, 3.63) is 77.5 Å². The Balaban J connectivity index is 1.64. The SMILES string of the molecule is Cc1ccc2cc(C[C@@H](NC(=O)OCc3ccccc3)C(=O)O)ccc2n1. The lowest BCUT2D eigenvalue weighted by Crippen LogP contribution is -2.42. The van der Waals surface area contributed by atoms with Crippen molar-refractivity contribution in [2.24, 2.45) is 0 Å². The number of hydrogen-bond acceptors (Lipinski definition) is 4. The van der Waals surface area contributed by atoms with Gasteiger partial charge in [0.15, 0.2) is 0 Å². The van der Waals surface area contributed by atoms with Crippen molar-refractivity contribution in [1.29, 1.82) is 0 Å². The maximum atomic E-state index is 12.0. The van der Waals surface area contributed by atoms with Crippen molar-refractivity contribution in [3.63, 3.8) is 0 Å². The van der Waals surface area contributed by atoms with E-state index in [0.717, 1.165) is 27.7 Å². The summed E-state index contributed by atoms with van der Waals surface area (Å²) < 4.78 is 5.11. The minimum atomic E-state index is -1.12. The van der Waals surface area contributed by atoms with Gasteiger partial charge in [0.05, 0.1) is 5.52 Å². The summed E-state index contributed by atoms with van der Waals surface area (Å²) >= 11 is 0. The monoisotopic (exact) mass is 364 g/mol. The largest absolute Gasteiger partial charge is 0.480 e. The van der Waals surface area contributed by atoms with Crippen LogP contribution in [0, 0.1) is 6.92 Å². The number of carbonyl (C=O) groups excluding carboxylic acids is 1. The number of fused-ring (bicyclic) bond motifs is 1. The molecular weight excluding hydrogens is 344 g/mol. The van der Waals surface area contributed by atoms with Gasteiger partial charge in [-0.05, 0) is 36.2 Å². The van der Waals surface area contributed by atoms with Gasteiger partial charge in [0, 0.05) is 17.5 Å². The highest BCUT2D eigenvalue weighted by Crippen LogP contribution is 2.16. The smallest absolute Gasteiger partial charge is 0.408 e. The predicted molar refractivity (Wildman–Crippen MR) is 101 cm³/mol. The van der Waals surface area contributed by atoms with Crippen molar-refractivity contribution in [3.8, 4) is 0 Å². The maximum Gasteiger partial charge on any atom is 0.408 e. The van der Waals surface area contributed by atoms with Crippen LogP contribution in [0.3, 0.4) is 0 Å². The number of pyridine rings is 1. The summed E-state index contributed by atoms with van der Waals surface area (Å²) in [6, 6.07) is 17.5. The van der Waals surface area contributed by atoms with Gasteiger partial charge in [-0.25, -0.2) is 9.59 Å². The molecule has 1 aromatic heterocycles. The Morgan fingerprint density at radius 3 is 2.59 bits per heavy atom. The lowest BCUT2D eigenvalue weighted by atomic mass is 10.0. The fourth-order valence-corrected chi connectivity index (χ4v) is 2.75. The molecule has 2 N–H and O–H groups in total. The molecule has 0 spiro atoms. The van der Waals surface area contributed by atoms with E-state index < -0.39 is 18.1 Å². The lowest BCUT2D eigenvalue weighted by Gasteiger charge is -2.15. The van der Waals surface area contributed by atoms with Crippen LogP contribution in [0.1, 0.15) is 16.8 Å². The number of ether oxygens (including phenoxy) is 1. The molecule has 138 valence electrons. The Morgan fingerprint density at radius 2 is 1.85 bits per heavy atom. The second kappa shape index (κ2) is 8.31. The number of aryl methyl sites for hydroxylation is 1. The van der Waals surface area contributed by atoms with Crippen LogP contribution in [-0.4, -0.2) is 28.2 Å². The molecule has 3 rings (SSSR count). The van der Waals surface area contributed by atoms with E-state index in [2.05, 4.69) is 10.3 Å². The zero-order valence-electron chi connectivity index (χ0n) is 14.9. The molecule has 0 aliphatic carbocycles. The normalized spacial score (nSPS) is 11.7. The van der Waals surface area contributed by atoms with Gasteiger partial charge in [-0.15, -0.1) is 0 Å². The third kappa shape index (κ3) is 5.04. The molecule has 0 saturated heterocycles. The molecule has 0 unspecified atom stereocenters. The summed E-state index contributed by atoms with van der Waals surface area (Å²) in [5.74, 6) is -1.12. The van der Waals surface area contributed by atoms with E-state index in [9.17, 15) is 14.7 Å². The van der Waals surface area contributed by atoms with Crippen LogP contribution in [0.5, 0.6) is 0 Å². The second-order valence-corrected chi connectivity index (χ2v) is 6.28. The summed E-state index contributed by atoms with van der Waals surface area (Å²) in [5.41, 5.74) is 3.39. The van der Waals surface area contributed by atoms with Crippen LogP contribution in [-0.2, 0) is 22.6 Å². The molecule has 0 fully saturated rings. The van der Waals surface area contributed by atoms with Gasteiger partial charge in [-0.3, -0.25) is 4.98 Å². The molecule has 1 amide bonds. The van der Waals surface area contributed by atoms with Gasteiger partial charge in [-0.2, -0.15) is 0 Å². The number of rotatable bonds is 6. The molecule has 0 aliphatic rings. The number of amides is 1. The topological polar surface area (TPSA) is 88.5 Å². The van der Waals surface area contributed by atoms with Gasteiger partial charge in [0.2, 0.25) is 0 Å². The van der Waals surface area contributed by atoms with E-state index >= 15 is 0 Å². The number of nitrogens with one attached hydrogen (secondary N) is 1.